The van der Waals surface area contributed by atoms with Crippen LogP contribution in [0.15, 0.2) is 90.1 Å². The molecule has 0 bridgehead atoms. The Kier molecular flexibility index (Phi) is 6.27. The summed E-state index contributed by atoms with van der Waals surface area (Å²) in [6, 6.07) is 25.2. The molecule has 32 heavy (non-hydrogen) atoms. The number of nitrogens with one attached hydrogen (secondary N) is 1. The van der Waals surface area contributed by atoms with Crippen LogP contribution in [0.5, 0.6) is 0 Å². The second-order valence-corrected chi connectivity index (χ2v) is 8.21. The third-order valence-electron chi connectivity index (χ3n) is 4.66. The van der Waals surface area contributed by atoms with Crippen molar-refractivity contribution < 1.29 is 9.72 Å². The molecule has 0 saturated carbocycles. The highest BCUT2D eigenvalue weighted by atomic mass is 32.2. The van der Waals surface area contributed by atoms with Crippen molar-refractivity contribution in [2.24, 2.45) is 0 Å². The maximum Gasteiger partial charge on any atom is 0.271 e. The van der Waals surface area contributed by atoms with Crippen molar-refractivity contribution in [2.45, 2.75) is 17.3 Å². The largest absolute Gasteiger partial charge is 0.325 e. The molecule has 1 amide bonds. The van der Waals surface area contributed by atoms with E-state index < -0.39 is 10.2 Å². The summed E-state index contributed by atoms with van der Waals surface area (Å²) in [5.74, 6) is 0.380. The van der Waals surface area contributed by atoms with Gasteiger partial charge in [0.2, 0.25) is 5.91 Å². The van der Waals surface area contributed by atoms with Crippen LogP contribution in [-0.4, -0.2) is 30.8 Å². The van der Waals surface area contributed by atoms with Crippen LogP contribution in [-0.2, 0) is 4.79 Å². The fraction of sp³-hybridized carbons (Fsp3) is 0.0870. The van der Waals surface area contributed by atoms with E-state index in [4.69, 9.17) is 0 Å². The monoisotopic (exact) mass is 445 g/mol. The summed E-state index contributed by atoms with van der Waals surface area (Å²) in [5, 5.41) is 22.5. The molecule has 3 aromatic carbocycles. The third kappa shape index (κ3) is 4.68. The van der Waals surface area contributed by atoms with Crippen LogP contribution < -0.4 is 5.32 Å². The first kappa shape index (κ1) is 21.3. The molecule has 0 radical (unpaired) electrons. The highest BCUT2D eigenvalue weighted by Gasteiger charge is 2.22. The second-order valence-electron chi connectivity index (χ2n) is 6.90. The van der Waals surface area contributed by atoms with E-state index in [1.165, 1.54) is 30.0 Å². The van der Waals surface area contributed by atoms with E-state index in [1.54, 1.807) is 13.0 Å². The standard InChI is InChI=1S/C23H19N5O3S/c1-16(22(29)24-18-11-8-14-20(15-18)28(30)31)32-23-26-25-21(17-9-4-2-5-10-17)27(23)19-12-6-3-7-13-19/h2-16H,1H3,(H,24,29). The van der Waals surface area contributed by atoms with E-state index in [9.17, 15) is 14.9 Å². The number of para-hydroxylation sites is 1. The average molecular weight is 446 g/mol. The second kappa shape index (κ2) is 9.44. The molecule has 0 aliphatic rings. The zero-order chi connectivity index (χ0) is 22.5. The number of carbonyl (C=O) groups is 1. The highest BCUT2D eigenvalue weighted by Crippen LogP contribution is 2.30. The van der Waals surface area contributed by atoms with Crippen molar-refractivity contribution >= 4 is 29.0 Å². The predicted octanol–water partition coefficient (Wildman–Crippen LogP) is 4.96. The Hall–Kier alpha value is -3.98. The fourth-order valence-electron chi connectivity index (χ4n) is 3.08. The number of non-ortho nitro benzene ring substituents is 1. The molecule has 0 fully saturated rings. The summed E-state index contributed by atoms with van der Waals surface area (Å²) < 4.78 is 1.91. The summed E-state index contributed by atoms with van der Waals surface area (Å²) in [6.45, 7) is 1.75. The molecule has 1 unspecified atom stereocenters. The summed E-state index contributed by atoms with van der Waals surface area (Å²) >= 11 is 1.26. The minimum absolute atomic E-state index is 0.0839. The van der Waals surface area contributed by atoms with Gasteiger partial charge in [-0.25, -0.2) is 0 Å². The maximum atomic E-state index is 12.8. The molecule has 1 N–H and O–H groups in total. The first-order chi connectivity index (χ1) is 15.5. The van der Waals surface area contributed by atoms with Crippen LogP contribution >= 0.6 is 11.8 Å². The molecule has 0 spiro atoms. The van der Waals surface area contributed by atoms with Gasteiger partial charge in [0, 0.05) is 29.1 Å². The van der Waals surface area contributed by atoms with Crippen molar-refractivity contribution in [2.75, 3.05) is 5.32 Å². The Morgan fingerprint density at radius 3 is 2.38 bits per heavy atom. The number of nitrogens with zero attached hydrogens (tertiary/aromatic N) is 4. The average Bonchev–Trinajstić information content (AvgIpc) is 3.23. The van der Waals surface area contributed by atoms with E-state index in [-0.39, 0.29) is 11.6 Å². The molecule has 1 atom stereocenters. The van der Waals surface area contributed by atoms with Crippen LogP contribution in [0.2, 0.25) is 0 Å². The van der Waals surface area contributed by atoms with Crippen molar-refractivity contribution in [3.63, 3.8) is 0 Å². The van der Waals surface area contributed by atoms with Gasteiger partial charge in [-0.3, -0.25) is 19.5 Å². The van der Waals surface area contributed by atoms with Gasteiger partial charge in [-0.2, -0.15) is 0 Å². The highest BCUT2D eigenvalue weighted by molar-refractivity contribution is 8.00. The Bertz CT molecular complexity index is 1240. The summed E-state index contributed by atoms with van der Waals surface area (Å²) in [5.41, 5.74) is 2.07. The van der Waals surface area contributed by atoms with E-state index >= 15 is 0 Å². The number of amides is 1. The molecule has 9 heteroatoms. The fourth-order valence-corrected chi connectivity index (χ4v) is 3.95. The van der Waals surface area contributed by atoms with Crippen LogP contribution in [0, 0.1) is 10.1 Å². The molecule has 0 saturated heterocycles. The van der Waals surface area contributed by atoms with Crippen LogP contribution in [0.3, 0.4) is 0 Å². The van der Waals surface area contributed by atoms with Crippen LogP contribution in [0.25, 0.3) is 17.1 Å². The molecule has 4 rings (SSSR count). The third-order valence-corrected chi connectivity index (χ3v) is 5.70. The summed E-state index contributed by atoms with van der Waals surface area (Å²) in [4.78, 5) is 23.2. The molecule has 8 nitrogen and oxygen atoms in total. The van der Waals surface area contributed by atoms with Crippen LogP contribution in [0.1, 0.15) is 6.92 Å². The van der Waals surface area contributed by atoms with Gasteiger partial charge in [-0.1, -0.05) is 66.4 Å². The van der Waals surface area contributed by atoms with Crippen molar-refractivity contribution in [1.29, 1.82) is 0 Å². The normalized spacial score (nSPS) is 11.7. The van der Waals surface area contributed by atoms with E-state index in [2.05, 4.69) is 15.5 Å². The van der Waals surface area contributed by atoms with Gasteiger partial charge in [0.05, 0.1) is 10.2 Å². The maximum absolute atomic E-state index is 12.8. The number of nitro groups is 1. The van der Waals surface area contributed by atoms with Gasteiger partial charge in [-0.15, -0.1) is 10.2 Å². The zero-order valence-corrected chi connectivity index (χ0v) is 17.9. The Morgan fingerprint density at radius 1 is 1.00 bits per heavy atom. The van der Waals surface area contributed by atoms with Crippen molar-refractivity contribution in [3.05, 3.63) is 95.0 Å². The molecule has 1 heterocycles. The smallest absolute Gasteiger partial charge is 0.271 e. The predicted molar refractivity (Wildman–Crippen MR) is 124 cm³/mol. The number of hydrogen-bond donors (Lipinski definition) is 1. The number of anilines is 1. The van der Waals surface area contributed by atoms with Gasteiger partial charge in [0.25, 0.3) is 5.69 Å². The molecular weight excluding hydrogens is 426 g/mol. The van der Waals surface area contributed by atoms with E-state index in [0.717, 1.165) is 11.3 Å². The van der Waals surface area contributed by atoms with Gasteiger partial charge >= 0.3 is 0 Å². The summed E-state index contributed by atoms with van der Waals surface area (Å²) in [6.07, 6.45) is 0. The van der Waals surface area contributed by atoms with E-state index in [1.807, 2.05) is 65.2 Å². The molecule has 4 aromatic rings. The van der Waals surface area contributed by atoms with E-state index in [0.29, 0.717) is 16.7 Å². The molecule has 0 aliphatic heterocycles. The van der Waals surface area contributed by atoms with Crippen molar-refractivity contribution in [3.8, 4) is 17.1 Å². The lowest BCUT2D eigenvalue weighted by Crippen LogP contribution is -2.23. The van der Waals surface area contributed by atoms with Crippen LogP contribution in [0.4, 0.5) is 11.4 Å². The summed E-state index contributed by atoms with van der Waals surface area (Å²) in [7, 11) is 0. The topological polar surface area (TPSA) is 103 Å². The molecule has 0 aliphatic carbocycles. The number of benzene rings is 3. The number of hydrogen-bond acceptors (Lipinski definition) is 6. The van der Waals surface area contributed by atoms with Gasteiger partial charge in [0.15, 0.2) is 11.0 Å². The van der Waals surface area contributed by atoms with Crippen molar-refractivity contribution in [1.82, 2.24) is 14.8 Å². The quantitative estimate of drug-likeness (QED) is 0.245. The first-order valence-corrected chi connectivity index (χ1v) is 10.7. The number of rotatable bonds is 7. The van der Waals surface area contributed by atoms with Gasteiger partial charge in [0.1, 0.15) is 0 Å². The number of carbonyl (C=O) groups excluding carboxylic acids is 1. The first-order valence-electron chi connectivity index (χ1n) is 9.81. The zero-order valence-electron chi connectivity index (χ0n) is 17.1. The minimum atomic E-state index is -0.524. The molecular formula is C23H19N5O3S. The Balaban J connectivity index is 1.60. The van der Waals surface area contributed by atoms with Gasteiger partial charge in [-0.05, 0) is 25.1 Å². The van der Waals surface area contributed by atoms with Gasteiger partial charge < -0.3 is 5.32 Å². The lowest BCUT2D eigenvalue weighted by molar-refractivity contribution is -0.384. The molecule has 160 valence electrons. The Labute approximate surface area is 188 Å². The number of nitro benzene ring substituents is 1. The lowest BCUT2D eigenvalue weighted by atomic mass is 10.2. The SMILES string of the molecule is CC(Sc1nnc(-c2ccccc2)n1-c1ccccc1)C(=O)Nc1cccc([N+](=O)[O-])c1. The number of thioether (sulfide) groups is 1. The molecule has 1 aromatic heterocycles. The lowest BCUT2D eigenvalue weighted by Gasteiger charge is -2.14. The Morgan fingerprint density at radius 2 is 1.69 bits per heavy atom. The minimum Gasteiger partial charge on any atom is -0.325 e. The number of aromatic nitrogens is 3.